The van der Waals surface area contributed by atoms with E-state index in [4.69, 9.17) is 0 Å². The van der Waals surface area contributed by atoms with Gasteiger partial charge in [-0.2, -0.15) is 0 Å². The van der Waals surface area contributed by atoms with Gasteiger partial charge in [-0.3, -0.25) is 0 Å². The lowest BCUT2D eigenvalue weighted by Crippen LogP contribution is -2.30. The first-order chi connectivity index (χ1) is 57.1. The van der Waals surface area contributed by atoms with Crippen LogP contribution in [0.2, 0.25) is 0 Å². The molecule has 0 unspecified atom stereocenters. The molecule has 8 aliphatic rings. The molecule has 0 atom stereocenters. The van der Waals surface area contributed by atoms with Crippen molar-refractivity contribution in [1.82, 2.24) is 0 Å². The molecule has 0 fully saturated rings. The number of benzene rings is 7. The molecule has 15 rings (SSSR count). The molecule has 0 amide bonds. The Morgan fingerprint density at radius 3 is 0.483 bits per heavy atom. The third-order valence-corrected chi connectivity index (χ3v) is 44.2. The normalized spacial score (nSPS) is 17.0. The largest absolute Gasteiger partial charge is 0.125 e. The van der Waals surface area contributed by atoms with Gasteiger partial charge in [-0.1, -0.05) is 257 Å². The Hall–Kier alpha value is -0.120. The van der Waals surface area contributed by atoms with E-state index in [1.54, 1.807) is 66.8 Å². The second kappa shape index (κ2) is 48.2. The van der Waals surface area contributed by atoms with Crippen LogP contribution in [0.4, 0.5) is 0 Å². The second-order valence-corrected chi connectivity index (χ2v) is 50.5. The number of unbranched alkanes of at least 4 members (excludes halogenated alkanes) is 24. The van der Waals surface area contributed by atoms with E-state index in [9.17, 15) is 0 Å². The van der Waals surface area contributed by atoms with Crippen LogP contribution < -0.4 is 10.4 Å². The van der Waals surface area contributed by atoms with Gasteiger partial charge in [-0.05, 0) is 284 Å². The summed E-state index contributed by atoms with van der Waals surface area (Å²) in [6.45, 7) is 18.9. The molecule has 0 spiro atoms. The maximum absolute atomic E-state index is 2.88. The predicted molar refractivity (Wildman–Crippen MR) is 554 cm³/mol. The van der Waals surface area contributed by atoms with Gasteiger partial charge < -0.3 is 0 Å². The summed E-state index contributed by atoms with van der Waals surface area (Å²) >= 11 is 33.6. The first-order valence-electron chi connectivity index (χ1n) is 45.1. The first-order valence-corrected chi connectivity index (χ1v) is 61.1. The van der Waals surface area contributed by atoms with Crippen LogP contribution >= 0.6 is 188 Å². The van der Waals surface area contributed by atoms with Gasteiger partial charge in [-0.15, -0.1) is 141 Å². The molecular weight excluding hydrogens is 1710 g/mol. The molecule has 0 N–H and O–H groups in total. The average Bonchev–Trinajstić information content (AvgIpc) is 0.837. The van der Waals surface area contributed by atoms with Gasteiger partial charge >= 0.3 is 0 Å². The summed E-state index contributed by atoms with van der Waals surface area (Å²) in [7, 11) is 0. The molecule has 0 saturated carbocycles. The maximum atomic E-state index is 2.88. The Balaban J connectivity index is 1.11. The highest BCUT2D eigenvalue weighted by molar-refractivity contribution is 8.46. The maximum Gasteiger partial charge on any atom is 0.0657 e. The lowest BCUT2D eigenvalue weighted by atomic mass is 9.60. The Morgan fingerprint density at radius 2 is 0.345 bits per heavy atom. The minimum atomic E-state index is 0.122. The number of fused-ring (bicyclic) bond motifs is 2. The van der Waals surface area contributed by atoms with Crippen LogP contribution in [0.5, 0.6) is 0 Å². The van der Waals surface area contributed by atoms with Gasteiger partial charge in [-0.25, -0.2) is 0 Å². The van der Waals surface area contributed by atoms with E-state index >= 15 is 0 Å². The van der Waals surface area contributed by atoms with Crippen LogP contribution in [0.15, 0.2) is 129 Å². The standard InChI is InChI=1S/C100H132S16/c1-13-21-29-37-45-105-81-57-73-74(58-82(81)106-46-38-30-22-14-2)90-66-54-70-69(53-65(66)89(73)75-59-83(107-47-39-31-23-15-3)84(60-76(75)90)108-48-40-32-24-16-4)93(95-113-97(101-9)98(102-10)114-95)71-55-67-68(56-72(71)94(70)96-115-99(103-11)100(104-12)116-96)92-79-63-87(111-51-43-35-27-19-7)85(109-49-41-33-25-17-5)61-77(79)91(67)78-62-86(110-50-42-34-26-18-6)88(64-80(78)92)112-52-44-36-28-20-8/h53-64,89-92H,13-52H2,1-12H3. The van der Waals surface area contributed by atoms with Gasteiger partial charge in [0.05, 0.1) is 25.4 Å². The highest BCUT2D eigenvalue weighted by Gasteiger charge is 2.46. The molecule has 628 valence electrons. The van der Waals surface area contributed by atoms with E-state index in [2.05, 4.69) is 294 Å². The molecule has 6 aliphatic carbocycles. The number of hydrogen-bond acceptors (Lipinski definition) is 16. The molecule has 0 saturated heterocycles. The van der Waals surface area contributed by atoms with Crippen LogP contribution in [-0.2, 0) is 0 Å². The predicted octanol–water partition coefficient (Wildman–Crippen LogP) is 36.1. The highest BCUT2D eigenvalue weighted by Crippen LogP contribution is 2.64. The Bertz CT molecular complexity index is 3940. The Kier molecular flexibility index (Phi) is 38.8. The van der Waals surface area contributed by atoms with E-state index in [0.29, 0.717) is 0 Å². The zero-order valence-corrected chi connectivity index (χ0v) is 85.1. The SMILES string of the molecule is CCCCCCSc1cc2c(cc1SCCCCCC)C1c3cc(SCCCCCC)c(SCCCCCC)cc3C2c2cc3c(=C4SC(SC)=C(SC)S4)c4cc5c(cc4c(=C4SC(SC)=C(SC)S4)c3cc21)C1c2cc(SCCCCCC)c(SCCCCCC)cc2C5c2cc(SCCCCCC)c(SCCCCCC)cc21. The van der Waals surface area contributed by atoms with Crippen molar-refractivity contribution in [2.75, 3.05) is 71.0 Å². The number of hydrogen-bond donors (Lipinski definition) is 0. The highest BCUT2D eigenvalue weighted by atomic mass is 32.3. The van der Waals surface area contributed by atoms with Crippen molar-refractivity contribution in [3.63, 3.8) is 0 Å². The van der Waals surface area contributed by atoms with Crippen LogP contribution in [-0.4, -0.2) is 71.0 Å². The van der Waals surface area contributed by atoms with Gasteiger partial charge in [0.25, 0.3) is 0 Å². The summed E-state index contributed by atoms with van der Waals surface area (Å²) < 4.78 is 8.73. The molecule has 7 aromatic carbocycles. The zero-order chi connectivity index (χ0) is 80.9. The molecule has 2 heterocycles. The molecule has 16 heteroatoms. The van der Waals surface area contributed by atoms with Crippen molar-refractivity contribution in [2.24, 2.45) is 0 Å². The fourth-order valence-corrected chi connectivity index (χ4v) is 37.6. The van der Waals surface area contributed by atoms with Crippen molar-refractivity contribution in [3.8, 4) is 0 Å². The van der Waals surface area contributed by atoms with E-state index in [0.717, 1.165) is 0 Å². The van der Waals surface area contributed by atoms with Crippen molar-refractivity contribution in [2.45, 2.75) is 324 Å². The van der Waals surface area contributed by atoms with Crippen LogP contribution in [0.3, 0.4) is 0 Å². The van der Waals surface area contributed by atoms with Gasteiger partial charge in [0, 0.05) is 73.3 Å². The molecular formula is C100H132S16. The summed E-state index contributed by atoms with van der Waals surface area (Å²) in [5, 5.41) is 8.77. The van der Waals surface area contributed by atoms with E-state index in [-0.39, 0.29) is 23.7 Å². The van der Waals surface area contributed by atoms with Crippen LogP contribution in [0.25, 0.3) is 30.0 Å². The average molecular weight is 1850 g/mol. The minimum absolute atomic E-state index is 0.122. The third kappa shape index (κ3) is 22.2. The second-order valence-electron chi connectivity index (χ2n) is 32.5. The summed E-state index contributed by atoms with van der Waals surface area (Å²) in [6, 6.07) is 33.9. The van der Waals surface area contributed by atoms with Crippen molar-refractivity contribution >= 4 is 218 Å². The van der Waals surface area contributed by atoms with E-state index in [1.165, 1.54) is 348 Å². The molecule has 7 aromatic rings. The van der Waals surface area contributed by atoms with Gasteiger partial charge in [0.2, 0.25) is 0 Å². The molecule has 4 bridgehead atoms. The topological polar surface area (TPSA) is 0 Å². The number of rotatable bonds is 52. The lowest BCUT2D eigenvalue weighted by molar-refractivity contribution is 0.705. The van der Waals surface area contributed by atoms with Crippen molar-refractivity contribution < 1.29 is 0 Å². The molecule has 0 aromatic heterocycles. The summed E-state index contributed by atoms with van der Waals surface area (Å²) in [6.07, 6.45) is 50.9. The monoisotopic (exact) mass is 1840 g/mol. The van der Waals surface area contributed by atoms with E-state index < -0.39 is 0 Å². The summed E-state index contributed by atoms with van der Waals surface area (Å²) in [5.41, 5.74) is 18.9. The van der Waals surface area contributed by atoms with Crippen LogP contribution in [0, 0.1) is 0 Å². The summed E-state index contributed by atoms with van der Waals surface area (Å²) in [5.74, 6) is 9.96. The minimum Gasteiger partial charge on any atom is -0.125 e. The first kappa shape index (κ1) is 93.5. The molecule has 2 aliphatic heterocycles. The number of thioether (sulfide) groups is 16. The van der Waals surface area contributed by atoms with Gasteiger partial charge in [0.15, 0.2) is 0 Å². The molecule has 116 heavy (non-hydrogen) atoms. The van der Waals surface area contributed by atoms with Crippen LogP contribution in [0.1, 0.15) is 351 Å². The molecule has 0 radical (unpaired) electrons. The summed E-state index contributed by atoms with van der Waals surface area (Å²) in [4.78, 5) is 12.3. The van der Waals surface area contributed by atoms with E-state index in [1.807, 2.05) is 47.0 Å². The fourth-order valence-electron chi connectivity index (χ4n) is 18.0. The smallest absolute Gasteiger partial charge is 0.0657 e. The molecule has 0 nitrogen and oxygen atoms in total. The van der Waals surface area contributed by atoms with Crippen molar-refractivity contribution in [3.05, 3.63) is 167 Å². The van der Waals surface area contributed by atoms with Crippen molar-refractivity contribution in [1.29, 1.82) is 0 Å². The zero-order valence-electron chi connectivity index (χ0n) is 72.1. The Morgan fingerprint density at radius 1 is 0.198 bits per heavy atom. The van der Waals surface area contributed by atoms with Gasteiger partial charge in [0.1, 0.15) is 0 Å². The third-order valence-electron chi connectivity index (χ3n) is 24.1. The quantitative estimate of drug-likeness (QED) is 0.0202. The Labute approximate surface area is 771 Å². The lowest BCUT2D eigenvalue weighted by Gasteiger charge is -2.44. The fraction of sp³-hybridized carbons (Fsp3) is 0.560.